The molecule has 0 saturated carbocycles. The van der Waals surface area contributed by atoms with E-state index in [2.05, 4.69) is 26.8 Å². The predicted molar refractivity (Wildman–Crippen MR) is 133 cm³/mol. The van der Waals surface area contributed by atoms with Crippen LogP contribution >= 0.6 is 0 Å². The average Bonchev–Trinajstić information content (AvgIpc) is 3.19. The highest BCUT2D eigenvalue weighted by molar-refractivity contribution is 7.92. The first-order valence-corrected chi connectivity index (χ1v) is 12.7. The molecule has 10 heteroatoms. The molecule has 0 aliphatic rings. The van der Waals surface area contributed by atoms with Crippen molar-refractivity contribution in [2.45, 2.75) is 38.5 Å². The van der Waals surface area contributed by atoms with E-state index in [1.165, 1.54) is 12.1 Å². The van der Waals surface area contributed by atoms with E-state index in [0.29, 0.717) is 35.5 Å². The first-order valence-electron chi connectivity index (χ1n) is 11.2. The van der Waals surface area contributed by atoms with Crippen molar-refractivity contribution in [3.05, 3.63) is 78.4 Å². The topological polar surface area (TPSA) is 108 Å². The lowest BCUT2D eigenvalue weighted by atomic mass is 10.3. The molecule has 0 fully saturated rings. The fraction of sp³-hybridized carbons (Fsp3) is 0.240. The highest BCUT2D eigenvalue weighted by atomic mass is 32.2. The smallest absolute Gasteiger partial charge is 0.261 e. The Morgan fingerprint density at radius 1 is 0.914 bits per heavy atom. The van der Waals surface area contributed by atoms with Crippen LogP contribution in [-0.4, -0.2) is 34.8 Å². The molecule has 4 aromatic rings. The van der Waals surface area contributed by atoms with Gasteiger partial charge in [0.1, 0.15) is 17.8 Å². The van der Waals surface area contributed by atoms with Gasteiger partial charge in [-0.05, 0) is 74.9 Å². The Kier molecular flexibility index (Phi) is 7.31. The molecule has 0 spiro atoms. The van der Waals surface area contributed by atoms with Gasteiger partial charge in [0.15, 0.2) is 5.82 Å². The van der Waals surface area contributed by atoms with Crippen LogP contribution in [0.2, 0.25) is 0 Å². The fourth-order valence-electron chi connectivity index (χ4n) is 3.20. The van der Waals surface area contributed by atoms with Crippen molar-refractivity contribution in [2.75, 3.05) is 11.3 Å². The zero-order chi connectivity index (χ0) is 24.8. The summed E-state index contributed by atoms with van der Waals surface area (Å²) in [5.41, 5.74) is 2.33. The van der Waals surface area contributed by atoms with Crippen molar-refractivity contribution in [3.8, 4) is 23.2 Å². The second-order valence-electron chi connectivity index (χ2n) is 7.92. The number of imidazole rings is 1. The van der Waals surface area contributed by atoms with Gasteiger partial charge in [0.2, 0.25) is 5.88 Å². The Morgan fingerprint density at radius 2 is 1.63 bits per heavy atom. The van der Waals surface area contributed by atoms with Gasteiger partial charge in [0.25, 0.3) is 10.0 Å². The molecular formula is C25H27N5O4S. The number of sulfonamides is 1. The molecule has 0 amide bonds. The number of nitrogens with zero attached hydrogens (tertiary/aromatic N) is 4. The Bertz CT molecular complexity index is 1370. The number of hydrogen-bond acceptors (Lipinski definition) is 7. The number of rotatable bonds is 10. The molecule has 2 aromatic heterocycles. The van der Waals surface area contributed by atoms with Gasteiger partial charge < -0.3 is 9.47 Å². The van der Waals surface area contributed by atoms with Crippen molar-refractivity contribution in [1.82, 2.24) is 19.7 Å². The van der Waals surface area contributed by atoms with Gasteiger partial charge in [0, 0.05) is 17.4 Å². The third kappa shape index (κ3) is 5.96. The highest BCUT2D eigenvalue weighted by Gasteiger charge is 2.14. The third-order valence-corrected chi connectivity index (χ3v) is 6.75. The van der Waals surface area contributed by atoms with Gasteiger partial charge in [0.05, 0.1) is 17.2 Å². The standard InChI is InChI=1S/C25H27N5O4S/c1-4-5-16-33-21-10-12-23(13-11-21)35(31,32)29-20-6-8-22(9-7-20)34-25-15-14-24(27-28-25)30-17-26-18(2)19(30)3/h6-15,17,29H,4-5,16H2,1-3H3. The maximum absolute atomic E-state index is 12.7. The molecule has 9 nitrogen and oxygen atoms in total. The quantitative estimate of drug-likeness (QED) is 0.308. The SMILES string of the molecule is CCCCOc1ccc(S(=O)(=O)Nc2ccc(Oc3ccc(-n4cnc(C)c4C)nn3)cc2)cc1. The number of hydrogen-bond donors (Lipinski definition) is 1. The van der Waals surface area contributed by atoms with Crippen LogP contribution in [0.15, 0.2) is 71.9 Å². The number of benzene rings is 2. The first-order chi connectivity index (χ1) is 16.9. The van der Waals surface area contributed by atoms with Crippen LogP contribution in [-0.2, 0) is 10.0 Å². The molecule has 182 valence electrons. The zero-order valence-electron chi connectivity index (χ0n) is 19.8. The normalized spacial score (nSPS) is 11.3. The summed E-state index contributed by atoms with van der Waals surface area (Å²) in [5, 5.41) is 8.30. The summed E-state index contributed by atoms with van der Waals surface area (Å²) in [7, 11) is -3.74. The van der Waals surface area contributed by atoms with Crippen LogP contribution in [0.1, 0.15) is 31.2 Å². The van der Waals surface area contributed by atoms with Crippen LogP contribution in [0.4, 0.5) is 5.69 Å². The summed E-state index contributed by atoms with van der Waals surface area (Å²) in [6.45, 7) is 6.58. The molecule has 0 saturated heterocycles. The van der Waals surface area contributed by atoms with Gasteiger partial charge in [-0.25, -0.2) is 13.4 Å². The Balaban J connectivity index is 1.37. The minimum Gasteiger partial charge on any atom is -0.494 e. The van der Waals surface area contributed by atoms with Crippen molar-refractivity contribution in [1.29, 1.82) is 0 Å². The lowest BCUT2D eigenvalue weighted by molar-refractivity contribution is 0.309. The monoisotopic (exact) mass is 493 g/mol. The molecule has 0 aliphatic heterocycles. The van der Waals surface area contributed by atoms with E-state index in [1.807, 2.05) is 18.4 Å². The van der Waals surface area contributed by atoms with Gasteiger partial charge in [-0.1, -0.05) is 13.3 Å². The second-order valence-corrected chi connectivity index (χ2v) is 9.60. The second kappa shape index (κ2) is 10.6. The summed E-state index contributed by atoms with van der Waals surface area (Å²) >= 11 is 0. The number of aryl methyl sites for hydroxylation is 1. The van der Waals surface area contributed by atoms with E-state index >= 15 is 0 Å². The van der Waals surface area contributed by atoms with E-state index in [1.54, 1.807) is 54.9 Å². The number of ether oxygens (including phenoxy) is 2. The molecule has 35 heavy (non-hydrogen) atoms. The van der Waals surface area contributed by atoms with Crippen molar-refractivity contribution >= 4 is 15.7 Å². The maximum atomic E-state index is 12.7. The van der Waals surface area contributed by atoms with E-state index in [9.17, 15) is 8.42 Å². The minimum absolute atomic E-state index is 0.152. The number of aromatic nitrogens is 4. The number of unbranched alkanes of at least 4 members (excludes halogenated alkanes) is 1. The number of anilines is 1. The van der Waals surface area contributed by atoms with Gasteiger partial charge in [-0.2, -0.15) is 0 Å². The van der Waals surface area contributed by atoms with Gasteiger partial charge in [-0.3, -0.25) is 9.29 Å². The number of nitrogens with one attached hydrogen (secondary N) is 1. The molecule has 0 bridgehead atoms. The molecular weight excluding hydrogens is 466 g/mol. The molecule has 4 rings (SSSR count). The predicted octanol–water partition coefficient (Wildman–Crippen LogP) is 5.05. The van der Waals surface area contributed by atoms with E-state index < -0.39 is 10.0 Å². The Labute approximate surface area is 204 Å². The van der Waals surface area contributed by atoms with Gasteiger partial charge >= 0.3 is 0 Å². The summed E-state index contributed by atoms with van der Waals surface area (Å²) in [6.07, 6.45) is 3.68. The molecule has 0 atom stereocenters. The van der Waals surface area contributed by atoms with Gasteiger partial charge in [-0.15, -0.1) is 10.2 Å². The Morgan fingerprint density at radius 3 is 2.23 bits per heavy atom. The van der Waals surface area contributed by atoms with Crippen LogP contribution < -0.4 is 14.2 Å². The van der Waals surface area contributed by atoms with Crippen molar-refractivity contribution < 1.29 is 17.9 Å². The summed E-state index contributed by atoms with van der Waals surface area (Å²) in [4.78, 5) is 4.41. The summed E-state index contributed by atoms with van der Waals surface area (Å²) < 4.78 is 41.2. The molecule has 0 aliphatic carbocycles. The molecule has 0 unspecified atom stereocenters. The zero-order valence-corrected chi connectivity index (χ0v) is 20.6. The average molecular weight is 494 g/mol. The lowest BCUT2D eigenvalue weighted by Crippen LogP contribution is -2.12. The molecule has 1 N–H and O–H groups in total. The van der Waals surface area contributed by atoms with Crippen LogP contribution in [0, 0.1) is 13.8 Å². The fourth-order valence-corrected chi connectivity index (χ4v) is 4.26. The van der Waals surface area contributed by atoms with Crippen LogP contribution in [0.3, 0.4) is 0 Å². The highest BCUT2D eigenvalue weighted by Crippen LogP contribution is 2.24. The maximum Gasteiger partial charge on any atom is 0.261 e. The van der Waals surface area contributed by atoms with Crippen LogP contribution in [0.5, 0.6) is 17.4 Å². The lowest BCUT2D eigenvalue weighted by Gasteiger charge is -2.10. The Hall–Kier alpha value is -3.92. The van der Waals surface area contributed by atoms with E-state index in [0.717, 1.165) is 24.2 Å². The van der Waals surface area contributed by atoms with Crippen molar-refractivity contribution in [2.24, 2.45) is 0 Å². The first kappa shape index (κ1) is 24.2. The van der Waals surface area contributed by atoms with Crippen molar-refractivity contribution in [3.63, 3.8) is 0 Å². The molecule has 0 radical (unpaired) electrons. The largest absolute Gasteiger partial charge is 0.494 e. The minimum atomic E-state index is -3.74. The summed E-state index contributed by atoms with van der Waals surface area (Å²) in [6, 6.07) is 16.4. The van der Waals surface area contributed by atoms with E-state index in [-0.39, 0.29) is 4.90 Å². The molecule has 2 aromatic carbocycles. The van der Waals surface area contributed by atoms with E-state index in [4.69, 9.17) is 9.47 Å². The molecule has 2 heterocycles. The third-order valence-electron chi connectivity index (χ3n) is 5.35. The summed E-state index contributed by atoms with van der Waals surface area (Å²) in [5.74, 6) is 2.10. The van der Waals surface area contributed by atoms with Crippen LogP contribution in [0.25, 0.3) is 5.82 Å².